The van der Waals surface area contributed by atoms with Gasteiger partial charge in [0.25, 0.3) is 5.91 Å². The highest BCUT2D eigenvalue weighted by Crippen LogP contribution is 2.30. The van der Waals surface area contributed by atoms with Crippen LogP contribution in [0.25, 0.3) is 0 Å². The normalized spacial score (nSPS) is 16.0. The highest BCUT2D eigenvalue weighted by Gasteiger charge is 2.32. The number of nitrogens with one attached hydrogen (secondary N) is 1. The Labute approximate surface area is 166 Å². The number of hydrogen-bond donors (Lipinski definition) is 1. The standard InChI is InChI=1S/C19H20F3N3O3S/c20-19(21,22)16-4-1-5-17(11-16)29(27,28)24-12-14-6-9-25(10-7-14)18(26)15-3-2-8-23-13-15/h1-5,8,11,13-14,24H,6-7,9-10,12H2. The SMILES string of the molecule is O=C(c1cccnc1)N1CCC(CNS(=O)(=O)c2cccc(C(F)(F)F)c2)CC1. The predicted octanol–water partition coefficient (Wildman–Crippen LogP) is 2.93. The fourth-order valence-corrected chi connectivity index (χ4v) is 4.32. The van der Waals surface area contributed by atoms with Gasteiger partial charge < -0.3 is 4.90 Å². The van der Waals surface area contributed by atoms with Crippen LogP contribution in [-0.2, 0) is 16.2 Å². The monoisotopic (exact) mass is 427 g/mol. The van der Waals surface area contributed by atoms with Gasteiger partial charge in [0.1, 0.15) is 0 Å². The molecule has 156 valence electrons. The molecule has 0 aliphatic carbocycles. The Morgan fingerprint density at radius 1 is 1.17 bits per heavy atom. The quantitative estimate of drug-likeness (QED) is 0.796. The van der Waals surface area contributed by atoms with Crippen LogP contribution in [0, 0.1) is 5.92 Å². The van der Waals surface area contributed by atoms with Crippen LogP contribution in [-0.4, -0.2) is 43.8 Å². The third kappa shape index (κ3) is 5.33. The topological polar surface area (TPSA) is 79.4 Å². The van der Waals surface area contributed by atoms with Crippen molar-refractivity contribution in [1.82, 2.24) is 14.6 Å². The number of sulfonamides is 1. The maximum atomic E-state index is 12.8. The number of carbonyl (C=O) groups excluding carboxylic acids is 1. The lowest BCUT2D eigenvalue weighted by atomic mass is 9.97. The number of hydrogen-bond acceptors (Lipinski definition) is 4. The summed E-state index contributed by atoms with van der Waals surface area (Å²) in [6.07, 6.45) is -0.343. The van der Waals surface area contributed by atoms with E-state index in [0.717, 1.165) is 18.2 Å². The second-order valence-electron chi connectivity index (χ2n) is 6.85. The van der Waals surface area contributed by atoms with Crippen LogP contribution in [0.5, 0.6) is 0 Å². The van der Waals surface area contributed by atoms with Gasteiger partial charge in [-0.15, -0.1) is 0 Å². The predicted molar refractivity (Wildman–Crippen MR) is 99.5 cm³/mol. The number of halogens is 3. The van der Waals surface area contributed by atoms with Crippen molar-refractivity contribution < 1.29 is 26.4 Å². The number of pyridine rings is 1. The molecule has 1 aliphatic heterocycles. The molecule has 29 heavy (non-hydrogen) atoms. The summed E-state index contributed by atoms with van der Waals surface area (Å²) in [5, 5.41) is 0. The molecular formula is C19H20F3N3O3S. The van der Waals surface area contributed by atoms with Crippen molar-refractivity contribution >= 4 is 15.9 Å². The minimum atomic E-state index is -4.61. The van der Waals surface area contributed by atoms with Crippen molar-refractivity contribution in [1.29, 1.82) is 0 Å². The van der Waals surface area contributed by atoms with E-state index < -0.39 is 26.7 Å². The van der Waals surface area contributed by atoms with Crippen LogP contribution in [0.2, 0.25) is 0 Å². The van der Waals surface area contributed by atoms with Gasteiger partial charge in [-0.05, 0) is 49.1 Å². The molecule has 1 aromatic heterocycles. The molecule has 1 fully saturated rings. The van der Waals surface area contributed by atoms with Gasteiger partial charge in [-0.2, -0.15) is 13.2 Å². The maximum Gasteiger partial charge on any atom is 0.416 e. The molecule has 1 amide bonds. The number of likely N-dealkylation sites (tertiary alicyclic amines) is 1. The molecule has 3 rings (SSSR count). The molecule has 1 aliphatic rings. The fourth-order valence-electron chi connectivity index (χ4n) is 3.16. The van der Waals surface area contributed by atoms with E-state index in [4.69, 9.17) is 0 Å². The van der Waals surface area contributed by atoms with Crippen LogP contribution in [0.1, 0.15) is 28.8 Å². The molecule has 0 radical (unpaired) electrons. The average molecular weight is 427 g/mol. The van der Waals surface area contributed by atoms with Gasteiger partial charge in [0.15, 0.2) is 0 Å². The molecule has 0 bridgehead atoms. The Morgan fingerprint density at radius 2 is 1.90 bits per heavy atom. The van der Waals surface area contributed by atoms with Gasteiger partial charge in [0.05, 0.1) is 16.0 Å². The van der Waals surface area contributed by atoms with E-state index in [1.54, 1.807) is 23.2 Å². The number of benzene rings is 1. The highest BCUT2D eigenvalue weighted by molar-refractivity contribution is 7.89. The lowest BCUT2D eigenvalue weighted by molar-refractivity contribution is -0.137. The van der Waals surface area contributed by atoms with Crippen molar-refractivity contribution in [3.05, 3.63) is 59.9 Å². The highest BCUT2D eigenvalue weighted by atomic mass is 32.2. The Kier molecular flexibility index (Phi) is 6.23. The van der Waals surface area contributed by atoms with Crippen LogP contribution in [0.4, 0.5) is 13.2 Å². The molecule has 2 aromatic rings. The van der Waals surface area contributed by atoms with E-state index >= 15 is 0 Å². The van der Waals surface area contributed by atoms with Crippen LogP contribution in [0.3, 0.4) is 0 Å². The summed E-state index contributed by atoms with van der Waals surface area (Å²) >= 11 is 0. The summed E-state index contributed by atoms with van der Waals surface area (Å²) in [5.41, 5.74) is -0.515. The number of aromatic nitrogens is 1. The zero-order chi connectivity index (χ0) is 21.1. The Hall–Kier alpha value is -2.46. The van der Waals surface area contributed by atoms with E-state index in [9.17, 15) is 26.4 Å². The molecule has 1 saturated heterocycles. The van der Waals surface area contributed by atoms with Gasteiger partial charge in [-0.25, -0.2) is 13.1 Å². The Bertz CT molecular complexity index is 957. The first kappa shape index (κ1) is 21.3. The number of nitrogens with zero attached hydrogens (tertiary/aromatic N) is 2. The summed E-state index contributed by atoms with van der Waals surface area (Å²) < 4.78 is 65.5. The van der Waals surface area contributed by atoms with Gasteiger partial charge in [-0.1, -0.05) is 6.07 Å². The number of amides is 1. The van der Waals surface area contributed by atoms with Gasteiger partial charge in [0, 0.05) is 32.0 Å². The molecule has 1 aromatic carbocycles. The van der Waals surface area contributed by atoms with Crippen molar-refractivity contribution in [3.63, 3.8) is 0 Å². The molecule has 10 heteroatoms. The molecular weight excluding hydrogens is 407 g/mol. The lowest BCUT2D eigenvalue weighted by Crippen LogP contribution is -2.41. The van der Waals surface area contributed by atoms with E-state index in [1.807, 2.05) is 0 Å². The summed E-state index contributed by atoms with van der Waals surface area (Å²) in [7, 11) is -4.05. The molecule has 6 nitrogen and oxygen atoms in total. The second-order valence-corrected chi connectivity index (χ2v) is 8.62. The third-order valence-corrected chi connectivity index (χ3v) is 6.27. The molecule has 0 unspecified atom stereocenters. The van der Waals surface area contributed by atoms with Gasteiger partial charge in [0.2, 0.25) is 10.0 Å². The first-order chi connectivity index (χ1) is 13.7. The van der Waals surface area contributed by atoms with E-state index in [-0.39, 0.29) is 18.4 Å². The van der Waals surface area contributed by atoms with Crippen molar-refractivity contribution in [2.75, 3.05) is 19.6 Å². The van der Waals surface area contributed by atoms with Crippen LogP contribution < -0.4 is 4.72 Å². The largest absolute Gasteiger partial charge is 0.416 e. The average Bonchev–Trinajstić information content (AvgIpc) is 2.72. The second kappa shape index (κ2) is 8.50. The zero-order valence-corrected chi connectivity index (χ0v) is 16.2. The number of rotatable bonds is 5. The van der Waals surface area contributed by atoms with Crippen LogP contribution >= 0.6 is 0 Å². The lowest BCUT2D eigenvalue weighted by Gasteiger charge is -2.32. The van der Waals surface area contributed by atoms with E-state index in [1.165, 1.54) is 6.20 Å². The van der Waals surface area contributed by atoms with Crippen molar-refractivity contribution in [2.24, 2.45) is 5.92 Å². The molecule has 0 atom stereocenters. The molecule has 0 saturated carbocycles. The third-order valence-electron chi connectivity index (χ3n) is 4.84. The number of alkyl halides is 3. The minimum Gasteiger partial charge on any atom is -0.339 e. The van der Waals surface area contributed by atoms with E-state index in [0.29, 0.717) is 37.6 Å². The summed E-state index contributed by atoms with van der Waals surface area (Å²) in [6, 6.07) is 7.02. The smallest absolute Gasteiger partial charge is 0.339 e. The molecule has 0 spiro atoms. The zero-order valence-electron chi connectivity index (χ0n) is 15.4. The number of piperidine rings is 1. The van der Waals surface area contributed by atoms with Gasteiger partial charge >= 0.3 is 6.18 Å². The van der Waals surface area contributed by atoms with Gasteiger partial charge in [-0.3, -0.25) is 9.78 Å². The summed E-state index contributed by atoms with van der Waals surface area (Å²) in [4.78, 5) is 17.6. The summed E-state index contributed by atoms with van der Waals surface area (Å²) in [6.45, 7) is 1.06. The minimum absolute atomic E-state index is 0.00600. The Morgan fingerprint density at radius 3 is 2.52 bits per heavy atom. The van der Waals surface area contributed by atoms with Crippen LogP contribution in [0.15, 0.2) is 53.7 Å². The van der Waals surface area contributed by atoms with E-state index in [2.05, 4.69) is 9.71 Å². The molecule has 2 heterocycles. The maximum absolute atomic E-state index is 12.8. The fraction of sp³-hybridized carbons (Fsp3) is 0.368. The molecule has 1 N–H and O–H groups in total. The first-order valence-corrected chi connectivity index (χ1v) is 10.5. The van der Waals surface area contributed by atoms with Crippen molar-refractivity contribution in [2.45, 2.75) is 23.9 Å². The first-order valence-electron chi connectivity index (χ1n) is 9.03. The number of carbonyl (C=O) groups is 1. The van der Waals surface area contributed by atoms with Crippen molar-refractivity contribution in [3.8, 4) is 0 Å². The Balaban J connectivity index is 1.55. The summed E-state index contributed by atoms with van der Waals surface area (Å²) in [5.74, 6) is -0.130.